The summed E-state index contributed by atoms with van der Waals surface area (Å²) in [6, 6.07) is 8.76. The molecule has 13 nitrogen and oxygen atoms in total. The summed E-state index contributed by atoms with van der Waals surface area (Å²) in [4.78, 5) is 17.6. The lowest BCUT2D eigenvalue weighted by Gasteiger charge is -2.34. The van der Waals surface area contributed by atoms with Crippen LogP contribution in [0.1, 0.15) is 74.9 Å². The van der Waals surface area contributed by atoms with Gasteiger partial charge in [0, 0.05) is 37.3 Å². The Morgan fingerprint density at radius 2 is 0.896 bits per heavy atom. The van der Waals surface area contributed by atoms with Gasteiger partial charge in [0.2, 0.25) is 0 Å². The van der Waals surface area contributed by atoms with Crippen molar-refractivity contribution in [3.63, 3.8) is 0 Å². The maximum atomic E-state index is 13.9. The number of carbonyl (C=O) groups is 1. The Labute approximate surface area is 281 Å². The summed E-state index contributed by atoms with van der Waals surface area (Å²) in [7, 11) is 2.72. The number of nitrogens with zero attached hydrogens (tertiary/aromatic N) is 6. The highest BCUT2D eigenvalue weighted by Crippen LogP contribution is 2.51. The first-order valence-corrected chi connectivity index (χ1v) is 15.5. The Kier molecular flexibility index (Phi) is 10.6. The second kappa shape index (κ2) is 14.3. The van der Waals surface area contributed by atoms with Crippen molar-refractivity contribution in [3.8, 4) is 47.3 Å². The molecule has 2 saturated heterocycles. The fourth-order valence-corrected chi connectivity index (χ4v) is 6.22. The van der Waals surface area contributed by atoms with Gasteiger partial charge < -0.3 is 38.2 Å². The summed E-state index contributed by atoms with van der Waals surface area (Å²) < 4.78 is 34.2. The van der Waals surface area contributed by atoms with Gasteiger partial charge in [0.25, 0.3) is 0 Å². The smallest absolute Gasteiger partial charge is 0.492 e. The number of nitriles is 4. The molecule has 0 atom stereocenters. The monoisotopic (exact) mass is 656 g/mol. The summed E-state index contributed by atoms with van der Waals surface area (Å²) in [5, 5.41) is 41.8. The molecule has 0 unspecified atom stereocenters. The van der Waals surface area contributed by atoms with Gasteiger partial charge in [-0.25, -0.2) is 4.79 Å². The summed E-state index contributed by atoms with van der Waals surface area (Å²) in [5.74, 6) is -0.403. The molecule has 0 aliphatic carbocycles. The molecular weight excluding hydrogens is 616 g/mol. The van der Waals surface area contributed by atoms with Gasteiger partial charge in [-0.05, 0) is 10.8 Å². The summed E-state index contributed by atoms with van der Waals surface area (Å²) in [5.41, 5.74) is 0.374. The van der Waals surface area contributed by atoms with Gasteiger partial charge in [-0.2, -0.15) is 21.0 Å². The average Bonchev–Trinajstić information content (AvgIpc) is 3.06. The first-order valence-electron chi connectivity index (χ1n) is 15.5. The quantitative estimate of drug-likeness (QED) is 0.299. The van der Waals surface area contributed by atoms with Crippen LogP contribution in [0.15, 0.2) is 0 Å². The second-order valence-electron chi connectivity index (χ2n) is 13.3. The van der Waals surface area contributed by atoms with E-state index in [1.807, 2.05) is 51.3 Å². The van der Waals surface area contributed by atoms with Crippen molar-refractivity contribution >= 4 is 17.5 Å². The van der Waals surface area contributed by atoms with Gasteiger partial charge in [0.1, 0.15) is 35.4 Å². The van der Waals surface area contributed by atoms with Crippen LogP contribution in [0.25, 0.3) is 0 Å². The standard InChI is InChI=1S/C35H40N6O7/c1-34(2,3)25-21(17-36)27(40-9-13-45-14-10-40)23(19-38)29(31(25)43-7)47-33(42)48-30-24(20-39)28(41-11-15-46-16-12-41)22(18-37)26(32(30)44-8)35(4,5)6/h9-16H2,1-8H3. The molecule has 0 bridgehead atoms. The topological polar surface area (TPSA) is 174 Å². The number of hydrogen-bond acceptors (Lipinski definition) is 13. The molecule has 2 aliphatic heterocycles. The van der Waals surface area contributed by atoms with Crippen molar-refractivity contribution in [2.75, 3.05) is 76.6 Å². The molecule has 4 rings (SSSR count). The SMILES string of the molecule is COc1c(OC(=O)Oc2c(C#N)c(N3CCOCC3)c(C#N)c(C(C)(C)C)c2OC)c(C#N)c(N2CCOCC2)c(C#N)c1C(C)(C)C. The van der Waals surface area contributed by atoms with E-state index in [1.165, 1.54) is 14.2 Å². The average molecular weight is 657 g/mol. The van der Waals surface area contributed by atoms with E-state index in [2.05, 4.69) is 24.3 Å². The molecule has 48 heavy (non-hydrogen) atoms. The van der Waals surface area contributed by atoms with Gasteiger partial charge in [0.05, 0.1) is 63.1 Å². The van der Waals surface area contributed by atoms with Crippen LogP contribution in [0.2, 0.25) is 0 Å². The van der Waals surface area contributed by atoms with Gasteiger partial charge >= 0.3 is 6.16 Å². The largest absolute Gasteiger partial charge is 0.519 e. The zero-order valence-electron chi connectivity index (χ0n) is 28.7. The molecule has 0 N–H and O–H groups in total. The molecule has 2 aromatic rings. The van der Waals surface area contributed by atoms with Gasteiger partial charge in [0.15, 0.2) is 23.0 Å². The van der Waals surface area contributed by atoms with E-state index in [-0.39, 0.29) is 45.3 Å². The third-order valence-electron chi connectivity index (χ3n) is 8.15. The number of rotatable bonds is 6. The van der Waals surface area contributed by atoms with E-state index >= 15 is 0 Å². The van der Waals surface area contributed by atoms with Crippen LogP contribution in [0, 0.1) is 45.3 Å². The minimum Gasteiger partial charge on any atom is -0.492 e. The Hall–Kier alpha value is -5.21. The van der Waals surface area contributed by atoms with Crippen LogP contribution >= 0.6 is 0 Å². The molecule has 2 fully saturated rings. The lowest BCUT2D eigenvalue weighted by molar-refractivity contribution is 0.122. The first-order chi connectivity index (χ1) is 22.8. The third-order valence-corrected chi connectivity index (χ3v) is 8.15. The fraction of sp³-hybridized carbons (Fsp3) is 0.514. The minimum atomic E-state index is -1.28. The second-order valence-corrected chi connectivity index (χ2v) is 13.3. The zero-order chi connectivity index (χ0) is 35.4. The van der Waals surface area contributed by atoms with Crippen molar-refractivity contribution in [1.82, 2.24) is 0 Å². The fourth-order valence-electron chi connectivity index (χ4n) is 6.22. The van der Waals surface area contributed by atoms with Crippen molar-refractivity contribution in [1.29, 1.82) is 21.0 Å². The van der Waals surface area contributed by atoms with Crippen molar-refractivity contribution in [3.05, 3.63) is 33.4 Å². The Morgan fingerprint density at radius 1 is 0.583 bits per heavy atom. The number of ether oxygens (including phenoxy) is 6. The predicted octanol–water partition coefficient (Wildman–Crippen LogP) is 5.04. The molecule has 252 valence electrons. The maximum absolute atomic E-state index is 13.9. The van der Waals surface area contributed by atoms with Crippen molar-refractivity contribution < 1.29 is 33.2 Å². The van der Waals surface area contributed by atoms with Crippen LogP contribution in [0.5, 0.6) is 23.0 Å². The highest BCUT2D eigenvalue weighted by molar-refractivity contribution is 5.85. The molecule has 0 amide bonds. The normalized spacial score (nSPS) is 15.0. The summed E-state index contributed by atoms with van der Waals surface area (Å²) >= 11 is 0. The Bertz CT molecular complexity index is 1620. The highest BCUT2D eigenvalue weighted by Gasteiger charge is 2.38. The summed E-state index contributed by atoms with van der Waals surface area (Å²) in [6.07, 6.45) is -1.28. The van der Waals surface area contributed by atoms with E-state index in [9.17, 15) is 25.8 Å². The van der Waals surface area contributed by atoms with Crippen molar-refractivity contribution in [2.45, 2.75) is 52.4 Å². The molecule has 0 radical (unpaired) electrons. The van der Waals surface area contributed by atoms with Gasteiger partial charge in [-0.15, -0.1) is 0 Å². The molecular formula is C35H40N6O7. The van der Waals surface area contributed by atoms with Crippen LogP contribution in [-0.2, 0) is 20.3 Å². The first kappa shape index (κ1) is 35.6. The molecule has 0 spiro atoms. The number of hydrogen-bond donors (Lipinski definition) is 0. The number of carbonyl (C=O) groups excluding carboxylic acids is 1. The molecule has 0 aromatic heterocycles. The third kappa shape index (κ3) is 6.62. The maximum Gasteiger partial charge on any atom is 0.519 e. The van der Waals surface area contributed by atoms with Crippen molar-refractivity contribution in [2.24, 2.45) is 0 Å². The van der Waals surface area contributed by atoms with E-state index in [0.29, 0.717) is 75.1 Å². The summed E-state index contributed by atoms with van der Waals surface area (Å²) in [6.45, 7) is 14.4. The molecule has 0 saturated carbocycles. The number of anilines is 2. The van der Waals surface area contributed by atoms with Crippen LogP contribution in [0.3, 0.4) is 0 Å². The lowest BCUT2D eigenvalue weighted by atomic mass is 9.81. The number of methoxy groups -OCH3 is 2. The van der Waals surface area contributed by atoms with Crippen LogP contribution < -0.4 is 28.7 Å². The Balaban J connectivity index is 1.97. The van der Waals surface area contributed by atoms with E-state index < -0.39 is 17.0 Å². The predicted molar refractivity (Wildman–Crippen MR) is 175 cm³/mol. The number of morpholine rings is 2. The van der Waals surface area contributed by atoms with Crippen LogP contribution in [0.4, 0.5) is 16.2 Å². The highest BCUT2D eigenvalue weighted by atomic mass is 16.7. The van der Waals surface area contributed by atoms with Crippen LogP contribution in [-0.4, -0.2) is 73.0 Å². The molecule has 2 aromatic carbocycles. The zero-order valence-corrected chi connectivity index (χ0v) is 28.7. The molecule has 2 heterocycles. The van der Waals surface area contributed by atoms with E-state index in [4.69, 9.17) is 28.4 Å². The lowest BCUT2D eigenvalue weighted by Crippen LogP contribution is -2.38. The van der Waals surface area contributed by atoms with Gasteiger partial charge in [-0.1, -0.05) is 41.5 Å². The van der Waals surface area contributed by atoms with E-state index in [1.54, 1.807) is 0 Å². The Morgan fingerprint density at radius 3 is 1.15 bits per heavy atom. The number of benzene rings is 2. The minimum absolute atomic E-state index is 0.0289. The molecule has 13 heteroatoms. The van der Waals surface area contributed by atoms with E-state index in [0.717, 1.165) is 0 Å². The molecule has 2 aliphatic rings. The van der Waals surface area contributed by atoms with Gasteiger partial charge in [-0.3, -0.25) is 0 Å².